The van der Waals surface area contributed by atoms with E-state index in [2.05, 4.69) is 48.5 Å². The second kappa shape index (κ2) is 7.04. The molecule has 0 heterocycles. The van der Waals surface area contributed by atoms with Gasteiger partial charge in [0.2, 0.25) is 0 Å². The molecule has 2 N–H and O–H groups in total. The number of likely N-dealkylation sites (N-methyl/N-ethyl adjacent to an activating group) is 1. The van der Waals surface area contributed by atoms with Crippen molar-refractivity contribution in [2.45, 2.75) is 32.4 Å². The molecule has 3 heteroatoms. The SMILES string of the molecule is CNC(c1ccccc1)C(C)CN(C)CC(C)(C)O. The second-order valence-electron chi connectivity index (χ2n) is 6.16. The number of benzene rings is 1. The molecule has 0 fully saturated rings. The Morgan fingerprint density at radius 1 is 1.26 bits per heavy atom. The molecule has 0 radical (unpaired) electrons. The van der Waals surface area contributed by atoms with E-state index in [9.17, 15) is 5.11 Å². The molecule has 0 saturated heterocycles. The van der Waals surface area contributed by atoms with E-state index < -0.39 is 5.60 Å². The molecule has 0 saturated carbocycles. The molecule has 19 heavy (non-hydrogen) atoms. The highest BCUT2D eigenvalue weighted by molar-refractivity contribution is 5.19. The van der Waals surface area contributed by atoms with E-state index in [1.807, 2.05) is 27.0 Å². The van der Waals surface area contributed by atoms with Crippen molar-refractivity contribution < 1.29 is 5.11 Å². The van der Waals surface area contributed by atoms with Crippen LogP contribution in [0.2, 0.25) is 0 Å². The fraction of sp³-hybridized carbons (Fsp3) is 0.625. The first-order chi connectivity index (χ1) is 8.83. The number of rotatable bonds is 7. The van der Waals surface area contributed by atoms with Gasteiger partial charge in [-0.2, -0.15) is 0 Å². The number of hydrogen-bond donors (Lipinski definition) is 2. The fourth-order valence-electron chi connectivity index (χ4n) is 2.76. The quantitative estimate of drug-likeness (QED) is 0.793. The lowest BCUT2D eigenvalue weighted by molar-refractivity contribution is 0.0393. The van der Waals surface area contributed by atoms with Gasteiger partial charge in [0, 0.05) is 19.1 Å². The molecule has 1 aromatic carbocycles. The Balaban J connectivity index is 2.62. The first-order valence-electron chi connectivity index (χ1n) is 6.96. The van der Waals surface area contributed by atoms with Crippen molar-refractivity contribution in [1.29, 1.82) is 0 Å². The molecule has 0 aliphatic heterocycles. The van der Waals surface area contributed by atoms with Crippen LogP contribution in [-0.4, -0.2) is 42.8 Å². The Morgan fingerprint density at radius 3 is 2.32 bits per heavy atom. The summed E-state index contributed by atoms with van der Waals surface area (Å²) in [6, 6.07) is 10.9. The average molecular weight is 264 g/mol. The van der Waals surface area contributed by atoms with E-state index in [1.165, 1.54) is 5.56 Å². The predicted molar refractivity (Wildman–Crippen MR) is 81.2 cm³/mol. The number of nitrogens with one attached hydrogen (secondary N) is 1. The van der Waals surface area contributed by atoms with Crippen LogP contribution >= 0.6 is 0 Å². The van der Waals surface area contributed by atoms with Gasteiger partial charge in [-0.05, 0) is 39.4 Å². The van der Waals surface area contributed by atoms with Gasteiger partial charge in [0.05, 0.1) is 5.60 Å². The third-order valence-electron chi connectivity index (χ3n) is 3.30. The molecule has 0 aromatic heterocycles. The van der Waals surface area contributed by atoms with Crippen molar-refractivity contribution in [1.82, 2.24) is 10.2 Å². The van der Waals surface area contributed by atoms with Crippen LogP contribution in [0.1, 0.15) is 32.4 Å². The predicted octanol–water partition coefficient (Wildman–Crippen LogP) is 2.29. The molecule has 0 amide bonds. The second-order valence-corrected chi connectivity index (χ2v) is 6.16. The van der Waals surface area contributed by atoms with Crippen molar-refractivity contribution >= 4 is 0 Å². The van der Waals surface area contributed by atoms with E-state index in [4.69, 9.17) is 0 Å². The molecule has 0 aliphatic carbocycles. The van der Waals surface area contributed by atoms with Gasteiger partial charge in [0.1, 0.15) is 0 Å². The van der Waals surface area contributed by atoms with Gasteiger partial charge in [0.25, 0.3) is 0 Å². The maximum absolute atomic E-state index is 9.86. The molecule has 3 nitrogen and oxygen atoms in total. The Hall–Kier alpha value is -0.900. The minimum Gasteiger partial charge on any atom is -0.389 e. The molecule has 0 bridgehead atoms. The van der Waals surface area contributed by atoms with Crippen molar-refractivity contribution in [3.63, 3.8) is 0 Å². The van der Waals surface area contributed by atoms with Gasteiger partial charge in [-0.1, -0.05) is 37.3 Å². The lowest BCUT2D eigenvalue weighted by atomic mass is 9.94. The van der Waals surface area contributed by atoms with E-state index in [-0.39, 0.29) is 0 Å². The lowest BCUT2D eigenvalue weighted by Gasteiger charge is -2.31. The van der Waals surface area contributed by atoms with Gasteiger partial charge in [-0.3, -0.25) is 0 Å². The third-order valence-corrected chi connectivity index (χ3v) is 3.30. The van der Waals surface area contributed by atoms with Gasteiger partial charge < -0.3 is 15.3 Å². The Kier molecular flexibility index (Phi) is 5.98. The summed E-state index contributed by atoms with van der Waals surface area (Å²) in [4.78, 5) is 2.19. The van der Waals surface area contributed by atoms with Crippen LogP contribution in [0.25, 0.3) is 0 Å². The minimum atomic E-state index is -0.643. The smallest absolute Gasteiger partial charge is 0.0718 e. The highest BCUT2D eigenvalue weighted by Gasteiger charge is 2.21. The first kappa shape index (κ1) is 16.2. The minimum absolute atomic E-state index is 0.338. The molecule has 2 unspecified atom stereocenters. The Morgan fingerprint density at radius 2 is 1.84 bits per heavy atom. The average Bonchev–Trinajstić information content (AvgIpc) is 2.28. The molecule has 1 aromatic rings. The summed E-state index contributed by atoms with van der Waals surface area (Å²) < 4.78 is 0. The van der Waals surface area contributed by atoms with Crippen molar-refractivity contribution in [2.75, 3.05) is 27.2 Å². The maximum atomic E-state index is 9.86. The zero-order chi connectivity index (χ0) is 14.5. The summed E-state index contributed by atoms with van der Waals surface area (Å²) >= 11 is 0. The van der Waals surface area contributed by atoms with Gasteiger partial charge >= 0.3 is 0 Å². The molecule has 2 atom stereocenters. The van der Waals surface area contributed by atoms with Crippen molar-refractivity contribution in [3.8, 4) is 0 Å². The van der Waals surface area contributed by atoms with Crippen LogP contribution in [0.5, 0.6) is 0 Å². The van der Waals surface area contributed by atoms with Crippen LogP contribution < -0.4 is 5.32 Å². The van der Waals surface area contributed by atoms with E-state index >= 15 is 0 Å². The summed E-state index contributed by atoms with van der Waals surface area (Å²) in [5.41, 5.74) is 0.672. The normalized spacial score (nSPS) is 15.5. The fourth-order valence-corrected chi connectivity index (χ4v) is 2.76. The monoisotopic (exact) mass is 264 g/mol. The molecule has 1 rings (SSSR count). The molecule has 0 spiro atoms. The number of nitrogens with zero attached hydrogens (tertiary/aromatic N) is 1. The van der Waals surface area contributed by atoms with Crippen molar-refractivity contribution in [3.05, 3.63) is 35.9 Å². The largest absolute Gasteiger partial charge is 0.389 e. The Bertz CT molecular complexity index is 359. The van der Waals surface area contributed by atoms with Crippen LogP contribution in [0.4, 0.5) is 0 Å². The molecular weight excluding hydrogens is 236 g/mol. The van der Waals surface area contributed by atoms with Gasteiger partial charge in [-0.25, -0.2) is 0 Å². The van der Waals surface area contributed by atoms with Gasteiger partial charge in [0.15, 0.2) is 0 Å². The molecular formula is C16H28N2O. The van der Waals surface area contributed by atoms with Crippen LogP contribution in [0, 0.1) is 5.92 Å². The number of aliphatic hydroxyl groups is 1. The third kappa shape index (κ3) is 5.72. The summed E-state index contributed by atoms with van der Waals surface area (Å²) in [6.07, 6.45) is 0. The molecule has 108 valence electrons. The lowest BCUT2D eigenvalue weighted by Crippen LogP contribution is -2.40. The summed E-state index contributed by atoms with van der Waals surface area (Å²) in [7, 11) is 4.07. The summed E-state index contributed by atoms with van der Waals surface area (Å²) in [6.45, 7) is 7.57. The molecule has 0 aliphatic rings. The first-order valence-corrected chi connectivity index (χ1v) is 6.96. The highest BCUT2D eigenvalue weighted by Crippen LogP contribution is 2.22. The van der Waals surface area contributed by atoms with E-state index in [0.717, 1.165) is 6.54 Å². The van der Waals surface area contributed by atoms with Crippen LogP contribution in [-0.2, 0) is 0 Å². The topological polar surface area (TPSA) is 35.5 Å². The van der Waals surface area contributed by atoms with E-state index in [1.54, 1.807) is 0 Å². The Labute approximate surface area is 117 Å². The standard InChI is InChI=1S/C16H28N2O/c1-13(11-18(5)12-16(2,3)19)15(17-4)14-9-7-6-8-10-14/h6-10,13,15,17,19H,11-12H2,1-5H3. The zero-order valence-electron chi connectivity index (χ0n) is 12.9. The van der Waals surface area contributed by atoms with Crippen LogP contribution in [0.15, 0.2) is 30.3 Å². The zero-order valence-corrected chi connectivity index (χ0v) is 12.9. The van der Waals surface area contributed by atoms with Gasteiger partial charge in [-0.15, -0.1) is 0 Å². The number of hydrogen-bond acceptors (Lipinski definition) is 3. The summed E-state index contributed by atoms with van der Waals surface area (Å²) in [5, 5.41) is 13.3. The summed E-state index contributed by atoms with van der Waals surface area (Å²) in [5.74, 6) is 0.472. The maximum Gasteiger partial charge on any atom is 0.0718 e. The van der Waals surface area contributed by atoms with Crippen LogP contribution in [0.3, 0.4) is 0 Å². The highest BCUT2D eigenvalue weighted by atomic mass is 16.3. The van der Waals surface area contributed by atoms with E-state index in [0.29, 0.717) is 18.5 Å². The van der Waals surface area contributed by atoms with Crippen molar-refractivity contribution in [2.24, 2.45) is 5.92 Å².